The fraction of sp³-hybridized carbons (Fsp3) is 0.769. The van der Waals surface area contributed by atoms with Gasteiger partial charge in [0.05, 0.1) is 6.61 Å². The largest absolute Gasteiger partial charge is 0.381 e. The first-order valence-electron chi connectivity index (χ1n) is 6.14. The summed E-state index contributed by atoms with van der Waals surface area (Å²) in [5.41, 5.74) is 0.195. The van der Waals surface area contributed by atoms with Gasteiger partial charge >= 0.3 is 0 Å². The predicted octanol–water partition coefficient (Wildman–Crippen LogP) is 1.13. The summed E-state index contributed by atoms with van der Waals surface area (Å²) >= 11 is 0. The van der Waals surface area contributed by atoms with Crippen LogP contribution in [0, 0.1) is 0 Å². The summed E-state index contributed by atoms with van der Waals surface area (Å²) in [6.45, 7) is 10.7. The SMILES string of the molecule is COC/C=C/C(=O)N1CCN(C(C)(C)C)CC1. The Morgan fingerprint density at radius 2 is 1.82 bits per heavy atom. The van der Waals surface area contributed by atoms with E-state index in [0.29, 0.717) is 6.61 Å². The first-order valence-corrected chi connectivity index (χ1v) is 6.14. The lowest BCUT2D eigenvalue weighted by molar-refractivity contribution is -0.128. The Morgan fingerprint density at radius 3 is 2.29 bits per heavy atom. The molecule has 1 amide bonds. The van der Waals surface area contributed by atoms with Crippen LogP contribution in [0.5, 0.6) is 0 Å². The molecule has 98 valence electrons. The van der Waals surface area contributed by atoms with Crippen LogP contribution in [0.15, 0.2) is 12.2 Å². The Kier molecular flexibility index (Phi) is 5.15. The lowest BCUT2D eigenvalue weighted by Gasteiger charge is -2.42. The second-order valence-electron chi connectivity index (χ2n) is 5.34. The van der Waals surface area contributed by atoms with Crippen molar-refractivity contribution < 1.29 is 9.53 Å². The van der Waals surface area contributed by atoms with Crippen molar-refractivity contribution in [1.29, 1.82) is 0 Å². The summed E-state index contributed by atoms with van der Waals surface area (Å²) < 4.78 is 4.88. The number of methoxy groups -OCH3 is 1. The maximum absolute atomic E-state index is 11.8. The van der Waals surface area contributed by atoms with E-state index >= 15 is 0 Å². The van der Waals surface area contributed by atoms with Crippen LogP contribution in [0.4, 0.5) is 0 Å². The summed E-state index contributed by atoms with van der Waals surface area (Å²) in [6.07, 6.45) is 3.37. The number of rotatable bonds is 3. The molecular weight excluding hydrogens is 216 g/mol. The molecular formula is C13H24N2O2. The highest BCUT2D eigenvalue weighted by atomic mass is 16.5. The third kappa shape index (κ3) is 4.48. The predicted molar refractivity (Wildman–Crippen MR) is 68.9 cm³/mol. The van der Waals surface area contributed by atoms with Gasteiger partial charge in [-0.15, -0.1) is 0 Å². The number of piperazine rings is 1. The van der Waals surface area contributed by atoms with Crippen LogP contribution in [-0.4, -0.2) is 61.1 Å². The van der Waals surface area contributed by atoms with Crippen molar-refractivity contribution in [2.45, 2.75) is 26.3 Å². The lowest BCUT2D eigenvalue weighted by Crippen LogP contribution is -2.54. The zero-order valence-corrected chi connectivity index (χ0v) is 11.4. The molecule has 1 saturated heterocycles. The Labute approximate surface area is 104 Å². The Hall–Kier alpha value is -0.870. The van der Waals surface area contributed by atoms with Crippen molar-refractivity contribution in [1.82, 2.24) is 9.80 Å². The van der Waals surface area contributed by atoms with E-state index in [0.717, 1.165) is 26.2 Å². The van der Waals surface area contributed by atoms with Crippen LogP contribution >= 0.6 is 0 Å². The van der Waals surface area contributed by atoms with Crippen molar-refractivity contribution >= 4 is 5.91 Å². The van der Waals surface area contributed by atoms with Crippen LogP contribution in [0.2, 0.25) is 0 Å². The minimum absolute atomic E-state index is 0.0932. The molecule has 0 radical (unpaired) electrons. The van der Waals surface area contributed by atoms with Gasteiger partial charge in [0.15, 0.2) is 0 Å². The molecule has 1 aliphatic heterocycles. The van der Waals surface area contributed by atoms with E-state index in [1.54, 1.807) is 19.3 Å². The maximum atomic E-state index is 11.8. The van der Waals surface area contributed by atoms with Gasteiger partial charge in [0.1, 0.15) is 0 Å². The third-order valence-electron chi connectivity index (χ3n) is 3.06. The molecule has 4 nitrogen and oxygen atoms in total. The van der Waals surface area contributed by atoms with Crippen molar-refractivity contribution in [3.05, 3.63) is 12.2 Å². The highest BCUT2D eigenvalue weighted by Crippen LogP contribution is 2.15. The van der Waals surface area contributed by atoms with Gasteiger partial charge in [-0.05, 0) is 20.8 Å². The average molecular weight is 240 g/mol. The highest BCUT2D eigenvalue weighted by molar-refractivity contribution is 5.87. The number of hydrogen-bond donors (Lipinski definition) is 0. The van der Waals surface area contributed by atoms with E-state index in [1.807, 2.05) is 4.90 Å². The summed E-state index contributed by atoms with van der Waals surface area (Å²) in [7, 11) is 1.62. The fourth-order valence-electron chi connectivity index (χ4n) is 1.95. The zero-order chi connectivity index (χ0) is 12.9. The first kappa shape index (κ1) is 14.2. The Morgan fingerprint density at radius 1 is 1.24 bits per heavy atom. The van der Waals surface area contributed by atoms with Crippen molar-refractivity contribution in [2.24, 2.45) is 0 Å². The standard InChI is InChI=1S/C13H24N2O2/c1-13(2,3)15-9-7-14(8-10-15)12(16)6-5-11-17-4/h5-6H,7-11H2,1-4H3/b6-5+. The summed E-state index contributed by atoms with van der Waals surface area (Å²) in [5, 5.41) is 0. The minimum atomic E-state index is 0.0932. The molecule has 0 aromatic rings. The van der Waals surface area contributed by atoms with Gasteiger partial charge in [0, 0.05) is 44.9 Å². The summed E-state index contributed by atoms with van der Waals surface area (Å²) in [6, 6.07) is 0. The number of ether oxygens (including phenoxy) is 1. The topological polar surface area (TPSA) is 32.8 Å². The van der Waals surface area contributed by atoms with Gasteiger partial charge in [-0.2, -0.15) is 0 Å². The number of carbonyl (C=O) groups is 1. The van der Waals surface area contributed by atoms with E-state index in [2.05, 4.69) is 25.7 Å². The van der Waals surface area contributed by atoms with Gasteiger partial charge in [0.25, 0.3) is 0 Å². The molecule has 0 saturated carbocycles. The van der Waals surface area contributed by atoms with Crippen LogP contribution < -0.4 is 0 Å². The second kappa shape index (κ2) is 6.17. The maximum Gasteiger partial charge on any atom is 0.246 e. The molecule has 1 rings (SSSR count). The quantitative estimate of drug-likeness (QED) is 0.693. The monoisotopic (exact) mass is 240 g/mol. The highest BCUT2D eigenvalue weighted by Gasteiger charge is 2.26. The van der Waals surface area contributed by atoms with E-state index in [-0.39, 0.29) is 11.4 Å². The molecule has 0 aromatic carbocycles. The number of carbonyl (C=O) groups excluding carboxylic acids is 1. The molecule has 1 aliphatic rings. The lowest BCUT2D eigenvalue weighted by atomic mass is 10.0. The minimum Gasteiger partial charge on any atom is -0.381 e. The second-order valence-corrected chi connectivity index (χ2v) is 5.34. The molecule has 0 aliphatic carbocycles. The molecule has 0 bridgehead atoms. The molecule has 17 heavy (non-hydrogen) atoms. The van der Waals surface area contributed by atoms with Crippen LogP contribution in [0.3, 0.4) is 0 Å². The molecule has 0 N–H and O–H groups in total. The zero-order valence-electron chi connectivity index (χ0n) is 11.4. The Balaban J connectivity index is 2.39. The number of nitrogens with zero attached hydrogens (tertiary/aromatic N) is 2. The van der Waals surface area contributed by atoms with E-state index in [1.165, 1.54) is 0 Å². The summed E-state index contributed by atoms with van der Waals surface area (Å²) in [5.74, 6) is 0.0932. The van der Waals surface area contributed by atoms with E-state index < -0.39 is 0 Å². The van der Waals surface area contributed by atoms with Gasteiger partial charge in [-0.3, -0.25) is 9.69 Å². The van der Waals surface area contributed by atoms with Crippen molar-refractivity contribution in [3.63, 3.8) is 0 Å². The smallest absolute Gasteiger partial charge is 0.246 e. The molecule has 1 fully saturated rings. The molecule has 0 spiro atoms. The van der Waals surface area contributed by atoms with Crippen molar-refractivity contribution in [2.75, 3.05) is 39.9 Å². The van der Waals surface area contributed by atoms with Gasteiger partial charge in [-0.1, -0.05) is 6.08 Å². The molecule has 4 heteroatoms. The molecule has 0 atom stereocenters. The third-order valence-corrected chi connectivity index (χ3v) is 3.06. The van der Waals surface area contributed by atoms with E-state index in [4.69, 9.17) is 4.74 Å². The first-order chi connectivity index (χ1) is 7.95. The molecule has 0 unspecified atom stereocenters. The van der Waals surface area contributed by atoms with E-state index in [9.17, 15) is 4.79 Å². The van der Waals surface area contributed by atoms with Crippen LogP contribution in [0.1, 0.15) is 20.8 Å². The summed E-state index contributed by atoms with van der Waals surface area (Å²) in [4.78, 5) is 16.1. The molecule has 1 heterocycles. The fourth-order valence-corrected chi connectivity index (χ4v) is 1.95. The number of amides is 1. The van der Waals surface area contributed by atoms with Gasteiger partial charge in [0.2, 0.25) is 5.91 Å². The normalized spacial score (nSPS) is 18.9. The van der Waals surface area contributed by atoms with Crippen molar-refractivity contribution in [3.8, 4) is 0 Å². The number of hydrogen-bond acceptors (Lipinski definition) is 3. The average Bonchev–Trinajstić information content (AvgIpc) is 2.28. The van der Waals surface area contributed by atoms with Crippen LogP contribution in [0.25, 0.3) is 0 Å². The Bertz CT molecular complexity index is 274. The molecule has 0 aromatic heterocycles. The van der Waals surface area contributed by atoms with Gasteiger partial charge < -0.3 is 9.64 Å². The van der Waals surface area contributed by atoms with Gasteiger partial charge in [-0.25, -0.2) is 0 Å². The van der Waals surface area contributed by atoms with Crippen LogP contribution in [-0.2, 0) is 9.53 Å².